The minimum absolute atomic E-state index is 0.0511. The van der Waals surface area contributed by atoms with Crippen molar-refractivity contribution in [2.75, 3.05) is 13.2 Å². The van der Waals surface area contributed by atoms with Gasteiger partial charge >= 0.3 is 0 Å². The average Bonchev–Trinajstić information content (AvgIpc) is 3.14. The van der Waals surface area contributed by atoms with Crippen molar-refractivity contribution in [3.8, 4) is 0 Å². The van der Waals surface area contributed by atoms with Crippen LogP contribution in [0, 0.1) is 34.0 Å². The summed E-state index contributed by atoms with van der Waals surface area (Å²) in [5, 5.41) is 11.4. The van der Waals surface area contributed by atoms with Gasteiger partial charge in [-0.15, -0.1) is 0 Å². The van der Waals surface area contributed by atoms with Gasteiger partial charge in [0.15, 0.2) is 0 Å². The molecule has 1 N–H and O–H groups in total. The zero-order chi connectivity index (χ0) is 17.5. The smallest absolute Gasteiger partial charge is 0.119 e. The van der Waals surface area contributed by atoms with Gasteiger partial charge in [-0.3, -0.25) is 0 Å². The predicted molar refractivity (Wildman–Crippen MR) is 96.0 cm³/mol. The fourth-order valence-electron chi connectivity index (χ4n) is 9.72. The third-order valence-electron chi connectivity index (χ3n) is 10.5. The van der Waals surface area contributed by atoms with Crippen LogP contribution in [0.15, 0.2) is 12.2 Å². The van der Waals surface area contributed by atoms with Crippen LogP contribution in [-0.4, -0.2) is 47.8 Å². The molecular formula is C22H31NO3. The number of piperidine rings is 1. The first-order valence-electron chi connectivity index (χ1n) is 10.9. The second kappa shape index (κ2) is 4.42. The monoisotopic (exact) mass is 357 g/mol. The summed E-state index contributed by atoms with van der Waals surface area (Å²) >= 11 is 0. The SMILES string of the molecule is C=C1[C@H]2CC[C@@]3([C@H]4C[C@@H]5[C@@]6(C)CCC[C@@]5(C(O4)N4CCO[C@@H]46)[C@@H]3C2)[C@H]1O. The van der Waals surface area contributed by atoms with E-state index in [1.165, 1.54) is 32.1 Å². The molecule has 7 bridgehead atoms. The van der Waals surface area contributed by atoms with E-state index in [-0.39, 0.29) is 40.9 Å². The van der Waals surface area contributed by atoms with Crippen LogP contribution in [0.1, 0.15) is 51.9 Å². The van der Waals surface area contributed by atoms with Gasteiger partial charge in [0.1, 0.15) is 12.5 Å². The minimum Gasteiger partial charge on any atom is -0.388 e. The molecule has 9 rings (SSSR count). The van der Waals surface area contributed by atoms with Gasteiger partial charge in [0, 0.05) is 22.8 Å². The number of ether oxygens (including phenoxy) is 2. The molecule has 9 fully saturated rings. The van der Waals surface area contributed by atoms with Crippen molar-refractivity contribution in [1.29, 1.82) is 0 Å². The molecule has 2 spiro atoms. The van der Waals surface area contributed by atoms with Gasteiger partial charge in [-0.25, -0.2) is 4.90 Å². The Balaban J connectivity index is 1.45. The highest BCUT2D eigenvalue weighted by atomic mass is 16.6. The first kappa shape index (κ1) is 15.5. The Labute approximate surface area is 155 Å². The highest BCUT2D eigenvalue weighted by molar-refractivity contribution is 5.32. The third kappa shape index (κ3) is 1.32. The number of hydrogen-bond donors (Lipinski definition) is 1. The maximum absolute atomic E-state index is 11.4. The molecule has 5 saturated carbocycles. The summed E-state index contributed by atoms with van der Waals surface area (Å²) in [6, 6.07) is 0. The molecule has 4 heteroatoms. The van der Waals surface area contributed by atoms with Crippen LogP contribution in [0.5, 0.6) is 0 Å². The van der Waals surface area contributed by atoms with Crippen LogP contribution in [0.3, 0.4) is 0 Å². The average molecular weight is 357 g/mol. The Hall–Kier alpha value is -0.420. The van der Waals surface area contributed by atoms with Crippen molar-refractivity contribution in [3.63, 3.8) is 0 Å². The van der Waals surface area contributed by atoms with E-state index in [1.54, 1.807) is 0 Å². The molecule has 0 radical (unpaired) electrons. The molecule has 0 aromatic rings. The van der Waals surface area contributed by atoms with Gasteiger partial charge in [0.2, 0.25) is 0 Å². The van der Waals surface area contributed by atoms with Crippen molar-refractivity contribution in [2.45, 2.75) is 76.5 Å². The molecule has 26 heavy (non-hydrogen) atoms. The Bertz CT molecular complexity index is 710. The summed E-state index contributed by atoms with van der Waals surface area (Å²) in [5.74, 6) is 1.84. The maximum Gasteiger partial charge on any atom is 0.119 e. The highest BCUT2D eigenvalue weighted by Gasteiger charge is 2.80. The van der Waals surface area contributed by atoms with Crippen LogP contribution in [0.2, 0.25) is 0 Å². The summed E-state index contributed by atoms with van der Waals surface area (Å²) in [5.41, 5.74) is 1.55. The topological polar surface area (TPSA) is 41.9 Å². The summed E-state index contributed by atoms with van der Waals surface area (Å²) < 4.78 is 13.2. The largest absolute Gasteiger partial charge is 0.388 e. The number of aliphatic hydroxyl groups is 1. The van der Waals surface area contributed by atoms with Gasteiger partial charge in [-0.1, -0.05) is 19.9 Å². The minimum atomic E-state index is -0.345. The molecule has 10 atom stereocenters. The van der Waals surface area contributed by atoms with Crippen LogP contribution >= 0.6 is 0 Å². The number of rotatable bonds is 0. The Morgan fingerprint density at radius 3 is 2.88 bits per heavy atom. The van der Waals surface area contributed by atoms with E-state index >= 15 is 0 Å². The lowest BCUT2D eigenvalue weighted by molar-refractivity contribution is -0.422. The first-order valence-corrected chi connectivity index (χ1v) is 10.9. The second-order valence-corrected chi connectivity index (χ2v) is 10.8. The van der Waals surface area contributed by atoms with Crippen molar-refractivity contribution in [3.05, 3.63) is 12.2 Å². The lowest BCUT2D eigenvalue weighted by Crippen LogP contribution is -2.83. The number of fused-ring (bicyclic) bond motifs is 4. The van der Waals surface area contributed by atoms with Crippen molar-refractivity contribution in [2.24, 2.45) is 34.0 Å². The van der Waals surface area contributed by atoms with Gasteiger partial charge in [-0.2, -0.15) is 0 Å². The van der Waals surface area contributed by atoms with E-state index in [9.17, 15) is 5.11 Å². The van der Waals surface area contributed by atoms with E-state index in [4.69, 9.17) is 9.47 Å². The van der Waals surface area contributed by atoms with Crippen LogP contribution in [0.4, 0.5) is 0 Å². The number of nitrogens with zero attached hydrogens (tertiary/aromatic N) is 1. The van der Waals surface area contributed by atoms with E-state index in [2.05, 4.69) is 18.4 Å². The summed E-state index contributed by atoms with van der Waals surface area (Å²) in [6.07, 6.45) is 8.94. The van der Waals surface area contributed by atoms with Crippen LogP contribution in [-0.2, 0) is 9.47 Å². The molecule has 4 heterocycles. The lowest BCUT2D eigenvalue weighted by Gasteiger charge is -2.80. The number of aliphatic hydroxyl groups excluding tert-OH is 1. The van der Waals surface area contributed by atoms with E-state index in [0.717, 1.165) is 31.6 Å². The molecule has 0 amide bonds. The molecule has 0 aromatic carbocycles. The summed E-state index contributed by atoms with van der Waals surface area (Å²) in [4.78, 5) is 2.60. The van der Waals surface area contributed by atoms with Gasteiger partial charge < -0.3 is 14.6 Å². The van der Waals surface area contributed by atoms with E-state index in [1.807, 2.05) is 0 Å². The Morgan fingerprint density at radius 1 is 1.12 bits per heavy atom. The lowest BCUT2D eigenvalue weighted by atomic mass is 9.32. The standard InChI is InChI=1S/C22H31NO3/c1-12-13-4-7-22(17(12)24)15(10-13)21-6-3-5-20(2)14(21)11-16(22)26-19(21)23-8-9-25-18(20)23/h13-19,24H,1,3-11H2,2H3/t13-,14+,15-,16+,17-,18+,19?,20+,21-,22+/m0/s1. The zero-order valence-corrected chi connectivity index (χ0v) is 15.8. The highest BCUT2D eigenvalue weighted by Crippen LogP contribution is 2.79. The van der Waals surface area contributed by atoms with Crippen LogP contribution < -0.4 is 0 Å². The Morgan fingerprint density at radius 2 is 2.00 bits per heavy atom. The van der Waals surface area contributed by atoms with Gasteiger partial charge in [0.25, 0.3) is 0 Å². The van der Waals surface area contributed by atoms with Crippen molar-refractivity contribution >= 4 is 0 Å². The second-order valence-electron chi connectivity index (χ2n) is 10.8. The van der Waals surface area contributed by atoms with Crippen molar-refractivity contribution in [1.82, 2.24) is 4.90 Å². The molecule has 0 aromatic heterocycles. The molecule has 1 unspecified atom stereocenters. The van der Waals surface area contributed by atoms with Gasteiger partial charge in [0.05, 0.1) is 18.8 Å². The normalized spacial score (nSPS) is 65.2. The third-order valence-corrected chi connectivity index (χ3v) is 10.5. The Kier molecular flexibility index (Phi) is 2.64. The zero-order valence-electron chi connectivity index (χ0n) is 15.8. The van der Waals surface area contributed by atoms with E-state index < -0.39 is 0 Å². The molecule has 4 aliphatic heterocycles. The molecule has 142 valence electrons. The molecule has 4 nitrogen and oxygen atoms in total. The molecule has 5 aliphatic carbocycles. The van der Waals surface area contributed by atoms with Crippen molar-refractivity contribution < 1.29 is 14.6 Å². The molecular weight excluding hydrogens is 326 g/mol. The summed E-state index contributed by atoms with van der Waals surface area (Å²) in [6.45, 7) is 8.71. The van der Waals surface area contributed by atoms with Crippen LogP contribution in [0.25, 0.3) is 0 Å². The molecule has 4 saturated heterocycles. The maximum atomic E-state index is 11.4. The quantitative estimate of drug-likeness (QED) is 0.677. The number of hydrogen-bond acceptors (Lipinski definition) is 4. The predicted octanol–water partition coefficient (Wildman–Crippen LogP) is 2.91. The fourth-order valence-corrected chi connectivity index (χ4v) is 9.72. The van der Waals surface area contributed by atoms with Gasteiger partial charge in [-0.05, 0) is 61.9 Å². The van der Waals surface area contributed by atoms with E-state index in [0.29, 0.717) is 17.8 Å². The summed E-state index contributed by atoms with van der Waals surface area (Å²) in [7, 11) is 0. The molecule has 9 aliphatic rings. The fraction of sp³-hybridized carbons (Fsp3) is 0.909. The first-order chi connectivity index (χ1) is 12.5.